The predicted octanol–water partition coefficient (Wildman–Crippen LogP) is 2.71. The Hall–Kier alpha value is -1.97. The smallest absolute Gasteiger partial charge is 0.229 e. The number of nitrogens with zero attached hydrogens (tertiary/aromatic N) is 1. The number of nitrogen functional groups attached to an aromatic ring is 1. The van der Waals surface area contributed by atoms with Crippen LogP contribution in [0.2, 0.25) is 0 Å². The molecule has 1 aromatic heterocycles. The molecule has 1 aromatic carbocycles. The third-order valence-electron chi connectivity index (χ3n) is 2.12. The largest absolute Gasteiger partial charge is 0.491 e. The number of nitrogens with two attached hydrogens (primary N) is 1. The Labute approximate surface area is 94.0 Å². The maximum absolute atomic E-state index is 5.65. The summed E-state index contributed by atoms with van der Waals surface area (Å²) in [6.07, 6.45) is 1.75. The van der Waals surface area contributed by atoms with Gasteiger partial charge in [-0.3, -0.25) is 0 Å². The first kappa shape index (κ1) is 10.5. The Kier molecular flexibility index (Phi) is 2.81. The van der Waals surface area contributed by atoms with E-state index in [0.717, 1.165) is 16.9 Å². The van der Waals surface area contributed by atoms with Crippen LogP contribution in [0.25, 0.3) is 11.1 Å². The van der Waals surface area contributed by atoms with Gasteiger partial charge in [-0.2, -0.15) is 0 Å². The minimum atomic E-state index is 0.148. The molecule has 0 saturated carbocycles. The van der Waals surface area contributed by atoms with Gasteiger partial charge in [-0.1, -0.05) is 17.3 Å². The Morgan fingerprint density at radius 2 is 2.19 bits per heavy atom. The van der Waals surface area contributed by atoms with Gasteiger partial charge in [0.25, 0.3) is 0 Å². The Morgan fingerprint density at radius 3 is 2.81 bits per heavy atom. The quantitative estimate of drug-likeness (QED) is 0.860. The highest BCUT2D eigenvalue weighted by atomic mass is 16.5. The van der Waals surface area contributed by atoms with E-state index in [1.807, 2.05) is 38.1 Å². The summed E-state index contributed by atoms with van der Waals surface area (Å²) in [6, 6.07) is 7.69. The van der Waals surface area contributed by atoms with Crippen molar-refractivity contribution in [3.05, 3.63) is 30.5 Å². The van der Waals surface area contributed by atoms with Crippen molar-refractivity contribution in [2.75, 3.05) is 5.73 Å². The van der Waals surface area contributed by atoms with Crippen LogP contribution >= 0.6 is 0 Å². The van der Waals surface area contributed by atoms with E-state index in [4.69, 9.17) is 15.0 Å². The van der Waals surface area contributed by atoms with Crippen molar-refractivity contribution in [1.29, 1.82) is 0 Å². The van der Waals surface area contributed by atoms with E-state index in [0.29, 0.717) is 5.88 Å². The summed E-state index contributed by atoms with van der Waals surface area (Å²) in [5.41, 5.74) is 7.38. The number of ether oxygens (including phenoxy) is 1. The molecule has 0 spiro atoms. The highest BCUT2D eigenvalue weighted by molar-refractivity contribution is 5.72. The summed E-state index contributed by atoms with van der Waals surface area (Å²) in [7, 11) is 0. The number of hydrogen-bond acceptors (Lipinski definition) is 4. The van der Waals surface area contributed by atoms with E-state index in [-0.39, 0.29) is 6.10 Å². The lowest BCUT2D eigenvalue weighted by atomic mass is 10.1. The van der Waals surface area contributed by atoms with Gasteiger partial charge in [0.1, 0.15) is 5.75 Å². The van der Waals surface area contributed by atoms with Crippen molar-refractivity contribution in [2.45, 2.75) is 20.0 Å². The molecule has 4 heteroatoms. The lowest BCUT2D eigenvalue weighted by Gasteiger charge is -2.10. The van der Waals surface area contributed by atoms with Crippen LogP contribution in [0.15, 0.2) is 35.0 Å². The highest BCUT2D eigenvalue weighted by Gasteiger charge is 2.08. The van der Waals surface area contributed by atoms with Crippen LogP contribution in [-0.2, 0) is 0 Å². The van der Waals surface area contributed by atoms with Crippen molar-refractivity contribution in [2.24, 2.45) is 0 Å². The Balaban J connectivity index is 2.33. The summed E-state index contributed by atoms with van der Waals surface area (Å²) in [5, 5.41) is 3.65. The van der Waals surface area contributed by atoms with Gasteiger partial charge in [-0.15, -0.1) is 0 Å². The molecule has 0 amide bonds. The van der Waals surface area contributed by atoms with E-state index in [9.17, 15) is 0 Å². The van der Waals surface area contributed by atoms with Crippen LogP contribution in [0, 0.1) is 0 Å². The average molecular weight is 218 g/mol. The number of benzene rings is 1. The molecular weight excluding hydrogens is 204 g/mol. The monoisotopic (exact) mass is 218 g/mol. The Morgan fingerprint density at radius 1 is 1.38 bits per heavy atom. The van der Waals surface area contributed by atoms with Crippen LogP contribution in [-0.4, -0.2) is 11.3 Å². The van der Waals surface area contributed by atoms with Crippen LogP contribution in [0.4, 0.5) is 5.88 Å². The van der Waals surface area contributed by atoms with E-state index in [2.05, 4.69) is 5.16 Å². The molecule has 84 valence electrons. The molecule has 2 N–H and O–H groups in total. The molecule has 0 aliphatic heterocycles. The first-order valence-corrected chi connectivity index (χ1v) is 5.14. The van der Waals surface area contributed by atoms with Gasteiger partial charge in [-0.25, -0.2) is 0 Å². The maximum atomic E-state index is 5.65. The lowest BCUT2D eigenvalue weighted by molar-refractivity contribution is 0.242. The zero-order valence-electron chi connectivity index (χ0n) is 9.31. The fourth-order valence-electron chi connectivity index (χ4n) is 1.47. The molecule has 1 heterocycles. The van der Waals surface area contributed by atoms with Gasteiger partial charge in [-0.05, 0) is 31.5 Å². The topological polar surface area (TPSA) is 61.3 Å². The first-order chi connectivity index (χ1) is 7.66. The second-order valence-electron chi connectivity index (χ2n) is 3.80. The van der Waals surface area contributed by atoms with Gasteiger partial charge >= 0.3 is 0 Å². The Bertz CT molecular complexity index is 477. The molecule has 0 unspecified atom stereocenters. The van der Waals surface area contributed by atoms with Crippen molar-refractivity contribution in [1.82, 2.24) is 5.16 Å². The fraction of sp³-hybridized carbons (Fsp3) is 0.250. The van der Waals surface area contributed by atoms with Crippen LogP contribution in [0.3, 0.4) is 0 Å². The number of hydrogen-bond donors (Lipinski definition) is 1. The third kappa shape index (κ3) is 2.16. The maximum Gasteiger partial charge on any atom is 0.229 e. The minimum absolute atomic E-state index is 0.148. The molecule has 4 nitrogen and oxygen atoms in total. The molecule has 16 heavy (non-hydrogen) atoms. The van der Waals surface area contributed by atoms with Crippen LogP contribution in [0.1, 0.15) is 13.8 Å². The van der Waals surface area contributed by atoms with E-state index in [1.165, 1.54) is 0 Å². The molecule has 2 aromatic rings. The molecule has 0 fully saturated rings. The van der Waals surface area contributed by atoms with E-state index in [1.54, 1.807) is 6.20 Å². The molecular formula is C12H14N2O2. The van der Waals surface area contributed by atoms with Gasteiger partial charge in [0.05, 0.1) is 17.9 Å². The summed E-state index contributed by atoms with van der Waals surface area (Å²) >= 11 is 0. The normalized spacial score (nSPS) is 10.7. The minimum Gasteiger partial charge on any atom is -0.491 e. The zero-order valence-corrected chi connectivity index (χ0v) is 9.31. The molecule has 0 aliphatic carbocycles. The second kappa shape index (κ2) is 4.26. The van der Waals surface area contributed by atoms with Crippen molar-refractivity contribution in [3.8, 4) is 16.9 Å². The SMILES string of the molecule is CC(C)Oc1cccc(-c2cnoc2N)c1. The molecule has 0 aliphatic rings. The van der Waals surface area contributed by atoms with Crippen LogP contribution < -0.4 is 10.5 Å². The van der Waals surface area contributed by atoms with E-state index >= 15 is 0 Å². The van der Waals surface area contributed by atoms with Gasteiger partial charge < -0.3 is 15.0 Å². The number of anilines is 1. The predicted molar refractivity (Wildman–Crippen MR) is 62.1 cm³/mol. The molecule has 0 atom stereocenters. The molecule has 0 radical (unpaired) electrons. The van der Waals surface area contributed by atoms with Crippen molar-refractivity contribution in [3.63, 3.8) is 0 Å². The fourth-order valence-corrected chi connectivity index (χ4v) is 1.47. The summed E-state index contributed by atoms with van der Waals surface area (Å²) in [6.45, 7) is 3.97. The second-order valence-corrected chi connectivity index (χ2v) is 3.80. The van der Waals surface area contributed by atoms with Gasteiger partial charge in [0, 0.05) is 0 Å². The van der Waals surface area contributed by atoms with Gasteiger partial charge in [0.2, 0.25) is 5.88 Å². The standard InChI is InChI=1S/C12H14N2O2/c1-8(2)15-10-5-3-4-9(6-10)11-7-14-16-12(11)13/h3-8H,13H2,1-2H3. The molecule has 0 bridgehead atoms. The third-order valence-corrected chi connectivity index (χ3v) is 2.12. The summed E-state index contributed by atoms with van der Waals surface area (Å²) in [5.74, 6) is 1.13. The lowest BCUT2D eigenvalue weighted by Crippen LogP contribution is -2.05. The average Bonchev–Trinajstić information content (AvgIpc) is 2.64. The van der Waals surface area contributed by atoms with Gasteiger partial charge in [0.15, 0.2) is 0 Å². The zero-order chi connectivity index (χ0) is 11.5. The first-order valence-electron chi connectivity index (χ1n) is 5.14. The highest BCUT2D eigenvalue weighted by Crippen LogP contribution is 2.28. The van der Waals surface area contributed by atoms with Crippen molar-refractivity contribution >= 4 is 5.88 Å². The number of aromatic nitrogens is 1. The molecule has 0 saturated heterocycles. The summed E-state index contributed by atoms with van der Waals surface area (Å²) < 4.78 is 10.4. The number of rotatable bonds is 3. The molecule has 2 rings (SSSR count). The van der Waals surface area contributed by atoms with Crippen LogP contribution in [0.5, 0.6) is 5.75 Å². The van der Waals surface area contributed by atoms with Crippen molar-refractivity contribution < 1.29 is 9.26 Å². The summed E-state index contributed by atoms with van der Waals surface area (Å²) in [4.78, 5) is 0. The van der Waals surface area contributed by atoms with E-state index < -0.39 is 0 Å².